The van der Waals surface area contributed by atoms with Crippen molar-refractivity contribution in [3.63, 3.8) is 0 Å². The lowest BCUT2D eigenvalue weighted by Gasteiger charge is -2.11. The summed E-state index contributed by atoms with van der Waals surface area (Å²) < 4.78 is 0. The van der Waals surface area contributed by atoms with Crippen LogP contribution in [0.2, 0.25) is 0 Å². The highest BCUT2D eigenvalue weighted by molar-refractivity contribution is 14.0. The Labute approximate surface area is 204 Å². The first-order valence-electron chi connectivity index (χ1n) is 11.2. The number of hydrogen-bond acceptors (Lipinski definition) is 3. The topological polar surface area (TPSA) is 109 Å². The molecule has 0 radical (unpaired) electrons. The van der Waals surface area contributed by atoms with E-state index in [0.717, 1.165) is 31.0 Å². The molecule has 7 nitrogen and oxygen atoms in total. The Kier molecular flexibility index (Phi) is 17.8. The molecule has 31 heavy (non-hydrogen) atoms. The maximum absolute atomic E-state index is 11.9. The molecule has 0 unspecified atom stereocenters. The predicted octanol–water partition coefficient (Wildman–Crippen LogP) is 3.72. The van der Waals surface area contributed by atoms with Crippen molar-refractivity contribution < 1.29 is 9.59 Å². The summed E-state index contributed by atoms with van der Waals surface area (Å²) in [5.41, 5.74) is 6.53. The van der Waals surface area contributed by atoms with Crippen molar-refractivity contribution in [1.29, 1.82) is 0 Å². The van der Waals surface area contributed by atoms with E-state index in [1.54, 1.807) is 12.1 Å². The number of guanidine groups is 1. The molecule has 0 aliphatic carbocycles. The second-order valence-electron chi connectivity index (χ2n) is 7.44. The zero-order chi connectivity index (χ0) is 22.0. The van der Waals surface area contributed by atoms with E-state index in [9.17, 15) is 9.59 Å². The maximum atomic E-state index is 11.9. The third-order valence-electron chi connectivity index (χ3n) is 4.73. The zero-order valence-electron chi connectivity index (χ0n) is 19.0. The highest BCUT2D eigenvalue weighted by Crippen LogP contribution is 2.08. The van der Waals surface area contributed by atoms with E-state index in [4.69, 9.17) is 5.73 Å². The van der Waals surface area contributed by atoms with Gasteiger partial charge in [-0.05, 0) is 31.0 Å². The molecule has 0 heterocycles. The van der Waals surface area contributed by atoms with Crippen LogP contribution in [0.3, 0.4) is 0 Å². The molecule has 0 fully saturated rings. The fourth-order valence-corrected chi connectivity index (χ4v) is 3.01. The Morgan fingerprint density at radius 2 is 1.48 bits per heavy atom. The fraction of sp³-hybridized carbons (Fsp3) is 0.609. The number of unbranched alkanes of at least 4 members (excludes halogenated alkanes) is 7. The van der Waals surface area contributed by atoms with E-state index in [2.05, 4.69) is 27.9 Å². The summed E-state index contributed by atoms with van der Waals surface area (Å²) in [5.74, 6) is -0.0716. The molecule has 0 saturated carbocycles. The van der Waals surface area contributed by atoms with E-state index in [-0.39, 0.29) is 36.4 Å². The van der Waals surface area contributed by atoms with Crippen molar-refractivity contribution >= 4 is 41.8 Å². The van der Waals surface area contributed by atoms with Crippen LogP contribution in [0.25, 0.3) is 0 Å². The number of nitrogens with two attached hydrogens (primary N) is 1. The summed E-state index contributed by atoms with van der Waals surface area (Å²) in [7, 11) is 0. The Hall–Kier alpha value is -1.84. The van der Waals surface area contributed by atoms with Gasteiger partial charge in [-0.1, -0.05) is 64.0 Å². The molecule has 1 aromatic rings. The van der Waals surface area contributed by atoms with Gasteiger partial charge in [0.25, 0.3) is 5.91 Å². The number of primary amides is 1. The predicted molar refractivity (Wildman–Crippen MR) is 139 cm³/mol. The van der Waals surface area contributed by atoms with Gasteiger partial charge in [0.15, 0.2) is 5.96 Å². The van der Waals surface area contributed by atoms with E-state index in [1.165, 1.54) is 44.9 Å². The van der Waals surface area contributed by atoms with Gasteiger partial charge in [0.1, 0.15) is 0 Å². The Balaban J connectivity index is 0.00000900. The number of nitrogens with one attached hydrogen (secondary N) is 3. The first-order valence-corrected chi connectivity index (χ1v) is 11.2. The monoisotopic (exact) mass is 545 g/mol. The summed E-state index contributed by atoms with van der Waals surface area (Å²) in [6.07, 6.45) is 10.4. The lowest BCUT2D eigenvalue weighted by Crippen LogP contribution is -2.37. The molecule has 0 spiro atoms. The van der Waals surface area contributed by atoms with Crippen molar-refractivity contribution in [2.24, 2.45) is 10.7 Å². The molecule has 0 aliphatic heterocycles. The maximum Gasteiger partial charge on any atom is 0.251 e. The van der Waals surface area contributed by atoms with Gasteiger partial charge >= 0.3 is 0 Å². The van der Waals surface area contributed by atoms with E-state index in [1.807, 2.05) is 19.1 Å². The van der Waals surface area contributed by atoms with Crippen LogP contribution in [-0.2, 0) is 11.3 Å². The average Bonchev–Trinajstić information content (AvgIpc) is 2.74. The molecular weight excluding hydrogens is 505 g/mol. The van der Waals surface area contributed by atoms with Gasteiger partial charge in [-0.15, -0.1) is 24.0 Å². The molecule has 0 aliphatic rings. The molecule has 176 valence electrons. The van der Waals surface area contributed by atoms with Crippen molar-refractivity contribution in [3.8, 4) is 0 Å². The smallest absolute Gasteiger partial charge is 0.251 e. The molecule has 1 rings (SSSR count). The van der Waals surface area contributed by atoms with Crippen LogP contribution in [0.5, 0.6) is 0 Å². The molecule has 0 aromatic heterocycles. The average molecular weight is 546 g/mol. The van der Waals surface area contributed by atoms with Crippen LogP contribution in [0, 0.1) is 0 Å². The second kappa shape index (κ2) is 18.9. The molecule has 0 saturated heterocycles. The van der Waals surface area contributed by atoms with Crippen molar-refractivity contribution in [3.05, 3.63) is 35.4 Å². The van der Waals surface area contributed by atoms with Gasteiger partial charge in [-0.25, -0.2) is 4.99 Å². The Morgan fingerprint density at radius 3 is 2.06 bits per heavy atom. The molecule has 1 aromatic carbocycles. The van der Waals surface area contributed by atoms with Gasteiger partial charge in [0, 0.05) is 18.7 Å². The first kappa shape index (κ1) is 29.2. The van der Waals surface area contributed by atoms with Crippen LogP contribution in [0.1, 0.15) is 81.1 Å². The number of benzene rings is 1. The number of carbonyl (C=O) groups is 2. The minimum atomic E-state index is -0.565. The number of halogens is 1. The van der Waals surface area contributed by atoms with Crippen molar-refractivity contribution in [2.45, 2.75) is 71.8 Å². The van der Waals surface area contributed by atoms with Gasteiger partial charge in [-0.2, -0.15) is 0 Å². The molecule has 0 atom stereocenters. The number of nitrogens with zero attached hydrogens (tertiary/aromatic N) is 1. The summed E-state index contributed by atoms with van der Waals surface area (Å²) >= 11 is 0. The highest BCUT2D eigenvalue weighted by atomic mass is 127. The number of aliphatic imine (C=N–C) groups is 1. The van der Waals surface area contributed by atoms with Gasteiger partial charge < -0.3 is 21.7 Å². The number of carbonyl (C=O) groups excluding carboxylic acids is 2. The summed E-state index contributed by atoms with van der Waals surface area (Å²) in [6, 6.07) is 7.18. The summed E-state index contributed by atoms with van der Waals surface area (Å²) in [6.45, 7) is 6.38. The standard InChI is InChI=1S/C23H39N5O2.HI/c1-3-5-6-7-8-9-10-11-16-26-23(25-4-2)28-17-19-12-14-20(15-13-19)22(30)27-18-21(24)29;/h12-15H,3-11,16-18H2,1-2H3,(H2,24,29)(H,27,30)(H2,25,26,28);1H. The summed E-state index contributed by atoms with van der Waals surface area (Å²) in [5, 5.41) is 9.13. The molecule has 8 heteroatoms. The van der Waals surface area contributed by atoms with Crippen molar-refractivity contribution in [1.82, 2.24) is 16.0 Å². The van der Waals surface area contributed by atoms with Crippen molar-refractivity contribution in [2.75, 3.05) is 19.6 Å². The minimum Gasteiger partial charge on any atom is -0.368 e. The van der Waals surface area contributed by atoms with Gasteiger partial charge in [-0.3, -0.25) is 9.59 Å². The minimum absolute atomic E-state index is 0. The number of rotatable bonds is 15. The van der Waals surface area contributed by atoms with Crippen LogP contribution in [0.15, 0.2) is 29.3 Å². The van der Waals surface area contributed by atoms with Crippen LogP contribution in [0.4, 0.5) is 0 Å². The third kappa shape index (κ3) is 14.7. The SMILES string of the molecule is CCCCCCCCCCNC(=NCc1ccc(C(=O)NCC(N)=O)cc1)NCC.I. The highest BCUT2D eigenvalue weighted by Gasteiger charge is 2.06. The Morgan fingerprint density at radius 1 is 0.871 bits per heavy atom. The van der Waals surface area contributed by atoms with Crippen LogP contribution >= 0.6 is 24.0 Å². The molecule has 2 amide bonds. The van der Waals surface area contributed by atoms with Gasteiger partial charge in [0.05, 0.1) is 13.1 Å². The third-order valence-corrected chi connectivity index (χ3v) is 4.73. The second-order valence-corrected chi connectivity index (χ2v) is 7.44. The van der Waals surface area contributed by atoms with Crippen LogP contribution in [-0.4, -0.2) is 37.4 Å². The summed E-state index contributed by atoms with van der Waals surface area (Å²) in [4.78, 5) is 27.3. The number of amides is 2. The van der Waals surface area contributed by atoms with Gasteiger partial charge in [0.2, 0.25) is 5.91 Å². The molecule has 5 N–H and O–H groups in total. The molecular formula is C23H40IN5O2. The van der Waals surface area contributed by atoms with E-state index >= 15 is 0 Å². The lowest BCUT2D eigenvalue weighted by molar-refractivity contribution is -0.117. The zero-order valence-corrected chi connectivity index (χ0v) is 21.4. The Bertz CT molecular complexity index is 650. The van der Waals surface area contributed by atoms with Crippen LogP contribution < -0.4 is 21.7 Å². The first-order chi connectivity index (χ1) is 14.6. The van der Waals surface area contributed by atoms with E-state index < -0.39 is 5.91 Å². The number of hydrogen-bond donors (Lipinski definition) is 4. The van der Waals surface area contributed by atoms with E-state index in [0.29, 0.717) is 12.1 Å². The normalized spacial score (nSPS) is 10.8. The molecule has 0 bridgehead atoms. The largest absolute Gasteiger partial charge is 0.368 e. The fourth-order valence-electron chi connectivity index (χ4n) is 3.01. The lowest BCUT2D eigenvalue weighted by atomic mass is 10.1. The quantitative estimate of drug-likeness (QED) is 0.117.